The fourth-order valence-corrected chi connectivity index (χ4v) is 7.03. The van der Waals surface area contributed by atoms with Gasteiger partial charge in [0.2, 0.25) is 15.9 Å². The van der Waals surface area contributed by atoms with Crippen molar-refractivity contribution in [2.75, 3.05) is 24.2 Å². The quantitative estimate of drug-likeness (QED) is 0.498. The van der Waals surface area contributed by atoms with Crippen LogP contribution in [0.15, 0.2) is 51.7 Å². The summed E-state index contributed by atoms with van der Waals surface area (Å²) in [7, 11) is -3.47. The molecule has 164 valence electrons. The molecule has 0 atom stereocenters. The van der Waals surface area contributed by atoms with Crippen molar-refractivity contribution < 1.29 is 13.2 Å². The van der Waals surface area contributed by atoms with Gasteiger partial charge in [0.25, 0.3) is 0 Å². The Morgan fingerprint density at radius 1 is 1.13 bits per heavy atom. The van der Waals surface area contributed by atoms with Gasteiger partial charge in [-0.3, -0.25) is 4.79 Å². The SMILES string of the molecule is CCc1ccc(NC(=O)CSc2nc3ccc(S(=O)(=O)N4CCCCC4)cc3s2)cc1. The number of amides is 1. The zero-order valence-corrected chi connectivity index (χ0v) is 19.8. The van der Waals surface area contributed by atoms with Crippen LogP contribution < -0.4 is 5.32 Å². The third-order valence-corrected chi connectivity index (χ3v) is 9.32. The van der Waals surface area contributed by atoms with Gasteiger partial charge in [0.1, 0.15) is 0 Å². The van der Waals surface area contributed by atoms with E-state index in [2.05, 4.69) is 17.2 Å². The number of carbonyl (C=O) groups excluding carboxylic acids is 1. The lowest BCUT2D eigenvalue weighted by Crippen LogP contribution is -2.35. The van der Waals surface area contributed by atoms with E-state index in [0.29, 0.717) is 18.0 Å². The normalized spacial score (nSPS) is 15.3. The maximum absolute atomic E-state index is 12.9. The van der Waals surface area contributed by atoms with E-state index >= 15 is 0 Å². The van der Waals surface area contributed by atoms with E-state index in [0.717, 1.165) is 45.9 Å². The van der Waals surface area contributed by atoms with Crippen LogP contribution in [0.4, 0.5) is 5.69 Å². The fourth-order valence-electron chi connectivity index (χ4n) is 3.51. The van der Waals surface area contributed by atoms with Gasteiger partial charge in [-0.05, 0) is 55.2 Å². The maximum atomic E-state index is 12.9. The van der Waals surface area contributed by atoms with Crippen molar-refractivity contribution in [3.63, 3.8) is 0 Å². The number of fused-ring (bicyclic) bond motifs is 1. The molecular weight excluding hydrogens is 450 g/mol. The van der Waals surface area contributed by atoms with Gasteiger partial charge in [0.15, 0.2) is 4.34 Å². The maximum Gasteiger partial charge on any atom is 0.243 e. The molecule has 0 saturated carbocycles. The Hall–Kier alpha value is -1.94. The summed E-state index contributed by atoms with van der Waals surface area (Å²) in [4.78, 5) is 17.1. The van der Waals surface area contributed by atoms with Crippen LogP contribution in [0.1, 0.15) is 31.7 Å². The summed E-state index contributed by atoms with van der Waals surface area (Å²) in [5.41, 5.74) is 2.75. The number of nitrogens with one attached hydrogen (secondary N) is 1. The topological polar surface area (TPSA) is 79.4 Å². The molecule has 31 heavy (non-hydrogen) atoms. The van der Waals surface area contributed by atoms with Gasteiger partial charge < -0.3 is 5.32 Å². The highest BCUT2D eigenvalue weighted by atomic mass is 32.2. The van der Waals surface area contributed by atoms with Gasteiger partial charge in [0.05, 0.1) is 20.9 Å². The number of piperidine rings is 1. The minimum Gasteiger partial charge on any atom is -0.325 e. The molecule has 6 nitrogen and oxygen atoms in total. The van der Waals surface area contributed by atoms with E-state index in [1.54, 1.807) is 22.5 Å². The van der Waals surface area contributed by atoms with E-state index in [-0.39, 0.29) is 11.7 Å². The molecule has 1 saturated heterocycles. The van der Waals surface area contributed by atoms with E-state index in [1.807, 2.05) is 24.3 Å². The van der Waals surface area contributed by atoms with Crippen LogP contribution in [0.2, 0.25) is 0 Å². The number of sulfonamides is 1. The zero-order valence-electron chi connectivity index (χ0n) is 17.3. The van der Waals surface area contributed by atoms with Crippen molar-refractivity contribution in [1.29, 1.82) is 0 Å². The fraction of sp³-hybridized carbons (Fsp3) is 0.364. The van der Waals surface area contributed by atoms with Gasteiger partial charge >= 0.3 is 0 Å². The first-order valence-corrected chi connectivity index (χ1v) is 13.6. The average molecular weight is 476 g/mol. The van der Waals surface area contributed by atoms with Gasteiger partial charge in [-0.15, -0.1) is 11.3 Å². The molecule has 0 aliphatic carbocycles. The van der Waals surface area contributed by atoms with Crippen LogP contribution in [-0.2, 0) is 21.2 Å². The molecule has 1 aromatic heterocycles. The predicted molar refractivity (Wildman–Crippen MR) is 127 cm³/mol. The van der Waals surface area contributed by atoms with Gasteiger partial charge in [-0.25, -0.2) is 13.4 Å². The first-order valence-electron chi connectivity index (χ1n) is 10.4. The Kier molecular flexibility index (Phi) is 6.95. The molecule has 4 rings (SSSR count). The van der Waals surface area contributed by atoms with Gasteiger partial charge in [0, 0.05) is 18.8 Å². The highest BCUT2D eigenvalue weighted by Crippen LogP contribution is 2.32. The number of aromatic nitrogens is 1. The van der Waals surface area contributed by atoms with E-state index < -0.39 is 10.0 Å². The summed E-state index contributed by atoms with van der Waals surface area (Å²) >= 11 is 2.77. The van der Waals surface area contributed by atoms with Gasteiger partial charge in [-0.2, -0.15) is 4.31 Å². The standard InChI is InChI=1S/C22H25N3O3S3/c1-2-16-6-8-17(9-7-16)23-21(26)15-29-22-24-19-11-10-18(14-20(19)30-22)31(27,28)25-12-4-3-5-13-25/h6-11,14H,2-5,12-13,15H2,1H3,(H,23,26). The van der Waals surface area contributed by atoms with Crippen molar-refractivity contribution in [2.24, 2.45) is 0 Å². The Bertz CT molecular complexity index is 1170. The second kappa shape index (κ2) is 9.68. The molecule has 0 bridgehead atoms. The Morgan fingerprint density at radius 2 is 1.87 bits per heavy atom. The number of anilines is 1. The molecule has 3 aromatic rings. The van der Waals surface area contributed by atoms with Crippen molar-refractivity contribution in [3.05, 3.63) is 48.0 Å². The number of aryl methyl sites for hydroxylation is 1. The molecule has 0 unspecified atom stereocenters. The number of hydrogen-bond acceptors (Lipinski definition) is 6. The molecule has 0 radical (unpaired) electrons. The number of thiazole rings is 1. The van der Waals surface area contributed by atoms with Crippen molar-refractivity contribution in [2.45, 2.75) is 41.8 Å². The van der Waals surface area contributed by atoms with Crippen LogP contribution >= 0.6 is 23.1 Å². The summed E-state index contributed by atoms with van der Waals surface area (Å²) in [6.45, 7) is 3.26. The van der Waals surface area contributed by atoms with Crippen LogP contribution in [0.3, 0.4) is 0 Å². The molecule has 1 fully saturated rings. The number of thioether (sulfide) groups is 1. The van der Waals surface area contributed by atoms with Crippen LogP contribution in [0.25, 0.3) is 10.2 Å². The number of nitrogens with zero attached hydrogens (tertiary/aromatic N) is 2. The van der Waals surface area contributed by atoms with Crippen molar-refractivity contribution in [1.82, 2.24) is 9.29 Å². The van der Waals surface area contributed by atoms with Crippen molar-refractivity contribution >= 4 is 54.9 Å². The van der Waals surface area contributed by atoms with Crippen LogP contribution in [-0.4, -0.2) is 42.5 Å². The Balaban J connectivity index is 1.41. The molecule has 1 aliphatic rings. The predicted octanol–water partition coefficient (Wildman–Crippen LogP) is 4.76. The molecule has 1 aliphatic heterocycles. The molecule has 0 spiro atoms. The minimum atomic E-state index is -3.47. The Morgan fingerprint density at radius 3 is 2.58 bits per heavy atom. The lowest BCUT2D eigenvalue weighted by atomic mass is 10.1. The summed E-state index contributed by atoms with van der Waals surface area (Å²) in [5, 5.41) is 2.89. The molecule has 9 heteroatoms. The first kappa shape index (κ1) is 22.3. The molecule has 2 aromatic carbocycles. The van der Waals surface area contributed by atoms with Crippen molar-refractivity contribution in [3.8, 4) is 0 Å². The highest BCUT2D eigenvalue weighted by molar-refractivity contribution is 8.01. The number of rotatable bonds is 7. The summed E-state index contributed by atoms with van der Waals surface area (Å²) in [6, 6.07) is 12.9. The second-order valence-electron chi connectivity index (χ2n) is 7.46. The summed E-state index contributed by atoms with van der Waals surface area (Å²) < 4.78 is 29.0. The van der Waals surface area contributed by atoms with E-state index in [4.69, 9.17) is 0 Å². The number of benzene rings is 2. The van der Waals surface area contributed by atoms with Gasteiger partial charge in [-0.1, -0.05) is 37.2 Å². The highest BCUT2D eigenvalue weighted by Gasteiger charge is 2.26. The minimum absolute atomic E-state index is 0.0955. The smallest absolute Gasteiger partial charge is 0.243 e. The number of carbonyl (C=O) groups is 1. The average Bonchev–Trinajstić information content (AvgIpc) is 3.21. The third-order valence-electron chi connectivity index (χ3n) is 5.27. The molecular formula is C22H25N3O3S3. The lowest BCUT2D eigenvalue weighted by Gasteiger charge is -2.25. The molecule has 1 N–H and O–H groups in total. The van der Waals surface area contributed by atoms with E-state index in [1.165, 1.54) is 28.7 Å². The summed E-state index contributed by atoms with van der Waals surface area (Å²) in [6.07, 6.45) is 3.86. The monoisotopic (exact) mass is 475 g/mol. The molecule has 2 heterocycles. The molecule has 1 amide bonds. The summed E-state index contributed by atoms with van der Waals surface area (Å²) in [5.74, 6) is 0.149. The second-order valence-corrected chi connectivity index (χ2v) is 11.7. The van der Waals surface area contributed by atoms with Crippen LogP contribution in [0.5, 0.6) is 0 Å². The number of hydrogen-bond donors (Lipinski definition) is 1. The van der Waals surface area contributed by atoms with Crippen LogP contribution in [0, 0.1) is 0 Å². The third kappa shape index (κ3) is 5.28. The largest absolute Gasteiger partial charge is 0.325 e. The zero-order chi connectivity index (χ0) is 21.8. The first-order chi connectivity index (χ1) is 15.0. The van der Waals surface area contributed by atoms with E-state index in [9.17, 15) is 13.2 Å². The lowest BCUT2D eigenvalue weighted by molar-refractivity contribution is -0.113. The Labute approximate surface area is 191 Å².